The molecule has 0 aliphatic rings. The predicted molar refractivity (Wildman–Crippen MR) is 150 cm³/mol. The first-order valence-electron chi connectivity index (χ1n) is 14.4. The van der Waals surface area contributed by atoms with E-state index in [1.165, 1.54) is 89.0 Å². The smallest absolute Gasteiger partial charge is 0.407 e. The maximum Gasteiger partial charge on any atom is 0.407 e. The molecule has 0 heterocycles. The lowest BCUT2D eigenvalue weighted by Crippen LogP contribution is -2.27. The van der Waals surface area contributed by atoms with E-state index in [0.717, 1.165) is 44.3 Å². The van der Waals surface area contributed by atoms with Crippen LogP contribution in [-0.2, 0) is 22.6 Å². The molecule has 0 bridgehead atoms. The number of alkyl carbamates (subject to hydrolysis) is 1. The summed E-state index contributed by atoms with van der Waals surface area (Å²) in [6, 6.07) is 8.33. The van der Waals surface area contributed by atoms with Crippen LogP contribution in [0.1, 0.15) is 107 Å². The van der Waals surface area contributed by atoms with Gasteiger partial charge in [0, 0.05) is 13.1 Å². The lowest BCUT2D eigenvalue weighted by molar-refractivity contribution is -0.109. The van der Waals surface area contributed by atoms with E-state index < -0.39 is 0 Å². The van der Waals surface area contributed by atoms with Crippen molar-refractivity contribution in [3.63, 3.8) is 0 Å². The zero-order chi connectivity index (χ0) is 26.1. The van der Waals surface area contributed by atoms with Crippen molar-refractivity contribution in [1.82, 2.24) is 15.5 Å². The van der Waals surface area contributed by atoms with Crippen LogP contribution in [0.3, 0.4) is 0 Å². The van der Waals surface area contributed by atoms with E-state index in [0.29, 0.717) is 13.2 Å². The summed E-state index contributed by atoms with van der Waals surface area (Å²) in [5.41, 5.74) is 2.42. The van der Waals surface area contributed by atoms with Gasteiger partial charge >= 0.3 is 6.09 Å². The van der Waals surface area contributed by atoms with Gasteiger partial charge in [-0.05, 0) is 57.5 Å². The Hall–Kier alpha value is -2.08. The van der Waals surface area contributed by atoms with Gasteiger partial charge in [-0.25, -0.2) is 4.79 Å². The van der Waals surface area contributed by atoms with Gasteiger partial charge in [0.05, 0.1) is 0 Å². The molecule has 0 atom stereocenters. The van der Waals surface area contributed by atoms with Crippen LogP contribution in [0.4, 0.5) is 4.79 Å². The molecular formula is C30H53N3O3. The number of ether oxygens (including phenoxy) is 1. The second-order valence-electron chi connectivity index (χ2n) is 10.2. The van der Waals surface area contributed by atoms with Gasteiger partial charge in [-0.3, -0.25) is 4.79 Å². The van der Waals surface area contributed by atoms with E-state index in [1.807, 2.05) is 20.2 Å². The topological polar surface area (TPSA) is 70.7 Å². The zero-order valence-electron chi connectivity index (χ0n) is 23.2. The SMILES string of the molecule is CN(C)CCCNC(=O)OCc1ccccc1CCCCCCCCCCCCCCCCNC=O. The van der Waals surface area contributed by atoms with Gasteiger partial charge in [0.15, 0.2) is 0 Å². The molecule has 0 radical (unpaired) electrons. The van der Waals surface area contributed by atoms with E-state index in [2.05, 4.69) is 33.7 Å². The van der Waals surface area contributed by atoms with E-state index in [9.17, 15) is 9.59 Å². The molecule has 1 aromatic rings. The molecule has 0 unspecified atom stereocenters. The molecule has 6 nitrogen and oxygen atoms in total. The highest BCUT2D eigenvalue weighted by molar-refractivity contribution is 5.67. The van der Waals surface area contributed by atoms with Gasteiger partial charge in [0.2, 0.25) is 6.41 Å². The number of amides is 2. The molecule has 0 spiro atoms. The summed E-state index contributed by atoms with van der Waals surface area (Å²) in [5, 5.41) is 5.56. The first-order valence-corrected chi connectivity index (χ1v) is 14.4. The van der Waals surface area contributed by atoms with Gasteiger partial charge in [0.25, 0.3) is 0 Å². The third kappa shape index (κ3) is 19.1. The molecule has 0 saturated heterocycles. The zero-order valence-corrected chi connectivity index (χ0v) is 23.2. The summed E-state index contributed by atoms with van der Waals surface area (Å²) in [4.78, 5) is 24.2. The highest BCUT2D eigenvalue weighted by Gasteiger charge is 2.06. The number of nitrogens with one attached hydrogen (secondary N) is 2. The average Bonchev–Trinajstić information content (AvgIpc) is 2.87. The number of carbonyl (C=O) groups excluding carboxylic acids is 2. The van der Waals surface area contributed by atoms with Crippen LogP contribution >= 0.6 is 0 Å². The Labute approximate surface area is 220 Å². The van der Waals surface area contributed by atoms with Crippen molar-refractivity contribution in [2.45, 2.75) is 109 Å². The lowest BCUT2D eigenvalue weighted by Gasteiger charge is -2.12. The Kier molecular flexibility index (Phi) is 20.7. The molecular weight excluding hydrogens is 450 g/mol. The third-order valence-electron chi connectivity index (χ3n) is 6.63. The molecule has 2 N–H and O–H groups in total. The van der Waals surface area contributed by atoms with Crippen LogP contribution in [0.5, 0.6) is 0 Å². The molecule has 0 aliphatic heterocycles. The molecule has 0 saturated carbocycles. The summed E-state index contributed by atoms with van der Waals surface area (Å²) in [7, 11) is 4.06. The number of unbranched alkanes of at least 4 members (excludes halogenated alkanes) is 13. The lowest BCUT2D eigenvalue weighted by atomic mass is 10.0. The molecule has 0 aliphatic carbocycles. The highest BCUT2D eigenvalue weighted by Crippen LogP contribution is 2.16. The molecule has 0 aromatic heterocycles. The van der Waals surface area contributed by atoms with Gasteiger partial charge in [-0.2, -0.15) is 0 Å². The fraction of sp³-hybridized carbons (Fsp3) is 0.733. The van der Waals surface area contributed by atoms with E-state index in [1.54, 1.807) is 0 Å². The maximum atomic E-state index is 11.9. The number of hydrogen-bond donors (Lipinski definition) is 2. The van der Waals surface area contributed by atoms with E-state index in [4.69, 9.17) is 4.74 Å². The molecule has 0 fully saturated rings. The van der Waals surface area contributed by atoms with E-state index in [-0.39, 0.29) is 6.09 Å². The van der Waals surface area contributed by atoms with Crippen LogP contribution in [0.15, 0.2) is 24.3 Å². The number of nitrogens with zero attached hydrogens (tertiary/aromatic N) is 1. The van der Waals surface area contributed by atoms with Gasteiger partial charge in [0.1, 0.15) is 6.61 Å². The summed E-state index contributed by atoms with van der Waals surface area (Å²) >= 11 is 0. The van der Waals surface area contributed by atoms with Crippen LogP contribution in [0.25, 0.3) is 0 Å². The van der Waals surface area contributed by atoms with Gasteiger partial charge < -0.3 is 20.3 Å². The summed E-state index contributed by atoms with van der Waals surface area (Å²) in [6.45, 7) is 2.76. The standard InChI is InChI=1S/C30H53N3O3/c1-33(2)25-19-24-32-30(35)36-26-29-22-17-16-21-28(29)20-15-13-11-9-7-5-3-4-6-8-10-12-14-18-23-31-27-34/h16-17,21-22,27H,3-15,18-20,23-26H2,1-2H3,(H,31,34)(H,32,35). The second kappa shape index (κ2) is 23.3. The number of carbonyl (C=O) groups is 2. The maximum absolute atomic E-state index is 11.9. The summed E-state index contributed by atoms with van der Waals surface area (Å²) in [6.07, 6.45) is 20.7. The summed E-state index contributed by atoms with van der Waals surface area (Å²) < 4.78 is 5.44. The number of benzene rings is 1. The van der Waals surface area contributed by atoms with Crippen molar-refractivity contribution in [2.24, 2.45) is 0 Å². The minimum absolute atomic E-state index is 0.330. The fourth-order valence-corrected chi connectivity index (χ4v) is 4.45. The predicted octanol–water partition coefficient (Wildman–Crippen LogP) is 6.61. The normalized spacial score (nSPS) is 11.0. The van der Waals surface area contributed by atoms with Crippen molar-refractivity contribution in [3.8, 4) is 0 Å². The number of rotatable bonds is 24. The Morgan fingerprint density at radius 1 is 0.750 bits per heavy atom. The summed E-state index contributed by atoms with van der Waals surface area (Å²) in [5.74, 6) is 0. The second-order valence-corrected chi connectivity index (χ2v) is 10.2. The van der Waals surface area contributed by atoms with Crippen LogP contribution in [0.2, 0.25) is 0 Å². The van der Waals surface area contributed by atoms with Crippen LogP contribution in [0, 0.1) is 0 Å². The highest BCUT2D eigenvalue weighted by atomic mass is 16.5. The number of aryl methyl sites for hydroxylation is 1. The molecule has 2 amide bonds. The first-order chi connectivity index (χ1) is 17.6. The van der Waals surface area contributed by atoms with Crippen molar-refractivity contribution < 1.29 is 14.3 Å². The third-order valence-corrected chi connectivity index (χ3v) is 6.63. The average molecular weight is 504 g/mol. The molecule has 36 heavy (non-hydrogen) atoms. The van der Waals surface area contributed by atoms with Gasteiger partial charge in [-0.1, -0.05) is 101 Å². The van der Waals surface area contributed by atoms with Crippen molar-refractivity contribution in [1.29, 1.82) is 0 Å². The van der Waals surface area contributed by atoms with Gasteiger partial charge in [-0.15, -0.1) is 0 Å². The van der Waals surface area contributed by atoms with Crippen molar-refractivity contribution in [3.05, 3.63) is 35.4 Å². The molecule has 1 rings (SSSR count). The Morgan fingerprint density at radius 2 is 1.28 bits per heavy atom. The Morgan fingerprint density at radius 3 is 1.83 bits per heavy atom. The fourth-order valence-electron chi connectivity index (χ4n) is 4.45. The minimum atomic E-state index is -0.330. The molecule has 206 valence electrons. The van der Waals surface area contributed by atoms with Crippen molar-refractivity contribution in [2.75, 3.05) is 33.7 Å². The van der Waals surface area contributed by atoms with Crippen LogP contribution < -0.4 is 10.6 Å². The quantitative estimate of drug-likeness (QED) is 0.123. The number of hydrogen-bond acceptors (Lipinski definition) is 4. The van der Waals surface area contributed by atoms with E-state index >= 15 is 0 Å². The largest absolute Gasteiger partial charge is 0.445 e. The van der Waals surface area contributed by atoms with Crippen molar-refractivity contribution >= 4 is 12.5 Å². The van der Waals surface area contributed by atoms with Crippen LogP contribution in [-0.4, -0.2) is 51.1 Å². The first kappa shape index (κ1) is 31.9. The Balaban J connectivity index is 1.98. The molecule has 6 heteroatoms. The monoisotopic (exact) mass is 503 g/mol. The molecule has 1 aromatic carbocycles. The Bertz CT molecular complexity index is 667. The minimum Gasteiger partial charge on any atom is -0.445 e.